The second kappa shape index (κ2) is 9.96. The summed E-state index contributed by atoms with van der Waals surface area (Å²) in [4.78, 5) is 24.7. The molecule has 1 atom stereocenters. The Balaban J connectivity index is 1.78. The highest BCUT2D eigenvalue weighted by Crippen LogP contribution is 2.27. The first-order chi connectivity index (χ1) is 16.0. The quantitative estimate of drug-likeness (QED) is 0.261. The molecule has 2 N–H and O–H groups in total. The Kier molecular flexibility index (Phi) is 7.26. The summed E-state index contributed by atoms with van der Waals surface area (Å²) >= 11 is 0. The summed E-state index contributed by atoms with van der Waals surface area (Å²) < 4.78 is 63.6. The van der Waals surface area contributed by atoms with Gasteiger partial charge in [0, 0.05) is 23.2 Å². The Labute approximate surface area is 192 Å². The highest BCUT2D eigenvalue weighted by Gasteiger charge is 2.48. The molecule has 0 unspecified atom stereocenters. The standard InChI is InChI=1S/C23H18F3NO6S/c24-23(25,26)34(31,32)33-17-12-10-15(11-13-17)14-20(22(29)30)27-19-9-5-4-8-18(19)21(28)16-6-2-1-3-7-16/h1-13,20,27H,14H2,(H,29,30)/t20-/m0/s1. The van der Waals surface area contributed by atoms with Crippen LogP contribution in [-0.4, -0.2) is 36.8 Å². The summed E-state index contributed by atoms with van der Waals surface area (Å²) in [6.07, 6.45) is -0.116. The van der Waals surface area contributed by atoms with Crippen molar-refractivity contribution in [2.45, 2.75) is 18.0 Å². The number of carboxylic acids is 1. The predicted octanol–water partition coefficient (Wildman–Crippen LogP) is 4.25. The average Bonchev–Trinajstić information content (AvgIpc) is 2.79. The Morgan fingerprint density at radius 3 is 2.09 bits per heavy atom. The monoisotopic (exact) mass is 493 g/mol. The van der Waals surface area contributed by atoms with E-state index in [0.717, 1.165) is 12.1 Å². The van der Waals surface area contributed by atoms with E-state index in [2.05, 4.69) is 9.50 Å². The minimum absolute atomic E-state index is 0.116. The van der Waals surface area contributed by atoms with Crippen molar-refractivity contribution in [1.82, 2.24) is 0 Å². The van der Waals surface area contributed by atoms with Crippen molar-refractivity contribution in [3.63, 3.8) is 0 Å². The van der Waals surface area contributed by atoms with Crippen LogP contribution in [0.1, 0.15) is 21.5 Å². The molecule has 0 aliphatic rings. The number of rotatable bonds is 9. The van der Waals surface area contributed by atoms with E-state index in [0.29, 0.717) is 16.8 Å². The average molecular weight is 493 g/mol. The molecule has 7 nitrogen and oxygen atoms in total. The predicted molar refractivity (Wildman–Crippen MR) is 117 cm³/mol. The van der Waals surface area contributed by atoms with Crippen LogP contribution in [-0.2, 0) is 21.3 Å². The maximum atomic E-state index is 12.9. The van der Waals surface area contributed by atoms with E-state index in [1.165, 1.54) is 12.1 Å². The lowest BCUT2D eigenvalue weighted by atomic mass is 10.00. The second-order valence-corrected chi connectivity index (χ2v) is 8.64. The lowest BCUT2D eigenvalue weighted by Crippen LogP contribution is -2.32. The van der Waals surface area contributed by atoms with E-state index in [1.54, 1.807) is 54.6 Å². The van der Waals surface area contributed by atoms with Gasteiger partial charge in [0.15, 0.2) is 5.78 Å². The van der Waals surface area contributed by atoms with Gasteiger partial charge in [-0.2, -0.15) is 21.6 Å². The highest BCUT2D eigenvalue weighted by molar-refractivity contribution is 7.88. The van der Waals surface area contributed by atoms with Gasteiger partial charge in [-0.05, 0) is 29.8 Å². The molecule has 178 valence electrons. The van der Waals surface area contributed by atoms with Crippen molar-refractivity contribution in [3.05, 3.63) is 95.6 Å². The molecule has 0 saturated carbocycles. The van der Waals surface area contributed by atoms with E-state index in [4.69, 9.17) is 0 Å². The summed E-state index contributed by atoms with van der Waals surface area (Å²) in [5, 5.41) is 12.5. The number of aliphatic carboxylic acids is 1. The second-order valence-electron chi connectivity index (χ2n) is 7.11. The van der Waals surface area contributed by atoms with Crippen LogP contribution in [0.2, 0.25) is 0 Å². The number of halogens is 3. The van der Waals surface area contributed by atoms with Crippen LogP contribution in [0.15, 0.2) is 78.9 Å². The maximum absolute atomic E-state index is 12.9. The molecule has 34 heavy (non-hydrogen) atoms. The number of carboxylic acid groups (broad SMARTS) is 1. The van der Waals surface area contributed by atoms with Gasteiger partial charge in [-0.15, -0.1) is 0 Å². The van der Waals surface area contributed by atoms with E-state index in [-0.39, 0.29) is 17.8 Å². The summed E-state index contributed by atoms with van der Waals surface area (Å²) in [5.74, 6) is -2.11. The number of nitrogens with one attached hydrogen (secondary N) is 1. The van der Waals surface area contributed by atoms with Crippen LogP contribution in [0.4, 0.5) is 18.9 Å². The molecule has 0 aliphatic carbocycles. The molecule has 0 spiro atoms. The number of alkyl halides is 3. The minimum atomic E-state index is -5.82. The van der Waals surface area contributed by atoms with Gasteiger partial charge in [-0.1, -0.05) is 54.6 Å². The third-order valence-corrected chi connectivity index (χ3v) is 5.67. The number of ketones is 1. The molecule has 0 fully saturated rings. The lowest BCUT2D eigenvalue weighted by Gasteiger charge is -2.18. The van der Waals surface area contributed by atoms with Gasteiger partial charge < -0.3 is 14.6 Å². The highest BCUT2D eigenvalue weighted by atomic mass is 32.2. The number of carbonyl (C=O) groups is 2. The maximum Gasteiger partial charge on any atom is 0.534 e. The SMILES string of the molecule is O=C(c1ccccc1)c1ccccc1N[C@@H](Cc1ccc(OS(=O)(=O)C(F)(F)F)cc1)C(=O)O. The van der Waals surface area contributed by atoms with Gasteiger partial charge in [0.2, 0.25) is 0 Å². The zero-order valence-electron chi connectivity index (χ0n) is 17.3. The van der Waals surface area contributed by atoms with Crippen LogP contribution in [0.5, 0.6) is 5.75 Å². The van der Waals surface area contributed by atoms with E-state index in [1.807, 2.05) is 0 Å². The smallest absolute Gasteiger partial charge is 0.480 e. The molecule has 0 radical (unpaired) electrons. The van der Waals surface area contributed by atoms with Crippen molar-refractivity contribution in [3.8, 4) is 5.75 Å². The molecule has 0 bridgehead atoms. The molecule has 11 heteroatoms. The third-order valence-electron chi connectivity index (χ3n) is 4.69. The Hall–Kier alpha value is -3.86. The Morgan fingerprint density at radius 1 is 0.912 bits per heavy atom. The first-order valence-electron chi connectivity index (χ1n) is 9.76. The zero-order chi connectivity index (χ0) is 24.9. The summed E-state index contributed by atoms with van der Waals surface area (Å²) in [6.45, 7) is 0. The first-order valence-corrected chi connectivity index (χ1v) is 11.2. The minimum Gasteiger partial charge on any atom is -0.480 e. The van der Waals surface area contributed by atoms with Gasteiger partial charge in [-0.3, -0.25) is 4.79 Å². The number of carbonyl (C=O) groups excluding carboxylic acids is 1. The van der Waals surface area contributed by atoms with Gasteiger partial charge in [-0.25, -0.2) is 4.79 Å². The molecule has 0 aromatic heterocycles. The molecule has 0 amide bonds. The van der Waals surface area contributed by atoms with Crippen LogP contribution >= 0.6 is 0 Å². The Morgan fingerprint density at radius 2 is 1.50 bits per heavy atom. The normalized spacial score (nSPS) is 12.6. The summed E-state index contributed by atoms with van der Waals surface area (Å²) in [5.41, 5.74) is -4.22. The number of anilines is 1. The van der Waals surface area contributed by atoms with Crippen LogP contribution in [0.25, 0.3) is 0 Å². The van der Waals surface area contributed by atoms with Gasteiger partial charge >= 0.3 is 21.6 Å². The number of para-hydroxylation sites is 1. The molecule has 0 saturated heterocycles. The van der Waals surface area contributed by atoms with E-state index in [9.17, 15) is 36.3 Å². The van der Waals surface area contributed by atoms with Gasteiger partial charge in [0.05, 0.1) is 0 Å². The molecular formula is C23H18F3NO6S. The number of benzene rings is 3. The fraction of sp³-hybridized carbons (Fsp3) is 0.130. The van der Waals surface area contributed by atoms with Crippen LogP contribution in [0, 0.1) is 0 Å². The van der Waals surface area contributed by atoms with Gasteiger partial charge in [0.25, 0.3) is 0 Å². The fourth-order valence-electron chi connectivity index (χ4n) is 3.03. The van der Waals surface area contributed by atoms with E-state index < -0.39 is 33.4 Å². The van der Waals surface area contributed by atoms with Crippen molar-refractivity contribution in [2.24, 2.45) is 0 Å². The van der Waals surface area contributed by atoms with Crippen molar-refractivity contribution >= 4 is 27.6 Å². The van der Waals surface area contributed by atoms with Crippen molar-refractivity contribution in [2.75, 3.05) is 5.32 Å². The number of hydrogen-bond acceptors (Lipinski definition) is 6. The summed E-state index contributed by atoms with van der Waals surface area (Å²) in [6, 6.07) is 18.1. The van der Waals surface area contributed by atoms with Crippen molar-refractivity contribution < 1.29 is 40.5 Å². The Bertz CT molecular complexity index is 1280. The van der Waals surface area contributed by atoms with E-state index >= 15 is 0 Å². The number of hydrogen-bond donors (Lipinski definition) is 2. The zero-order valence-corrected chi connectivity index (χ0v) is 18.1. The summed E-state index contributed by atoms with van der Waals surface area (Å²) in [7, 11) is -5.82. The molecule has 3 aromatic carbocycles. The molecule has 3 aromatic rings. The topological polar surface area (TPSA) is 110 Å². The van der Waals surface area contributed by atoms with Gasteiger partial charge in [0.1, 0.15) is 11.8 Å². The third kappa shape index (κ3) is 5.93. The lowest BCUT2D eigenvalue weighted by molar-refractivity contribution is -0.137. The molecule has 0 heterocycles. The fourth-order valence-corrected chi connectivity index (χ4v) is 3.49. The van der Waals surface area contributed by atoms with Crippen LogP contribution in [0.3, 0.4) is 0 Å². The van der Waals surface area contributed by atoms with Crippen molar-refractivity contribution in [1.29, 1.82) is 0 Å². The largest absolute Gasteiger partial charge is 0.534 e. The first kappa shape index (κ1) is 24.8. The molecular weight excluding hydrogens is 475 g/mol. The molecule has 3 rings (SSSR count). The molecule has 0 aliphatic heterocycles. The van der Waals surface area contributed by atoms with Crippen LogP contribution < -0.4 is 9.50 Å².